The second-order valence-electron chi connectivity index (χ2n) is 4.68. The largest absolute Gasteiger partial charge is 0.479 e. The van der Waals surface area contributed by atoms with Gasteiger partial charge in [-0.05, 0) is 5.56 Å². The molecule has 0 bridgehead atoms. The Labute approximate surface area is 117 Å². The van der Waals surface area contributed by atoms with Crippen LogP contribution in [0.15, 0.2) is 30.3 Å². The molecule has 20 heavy (non-hydrogen) atoms. The SMILES string of the molecule is CC(C)C(=O)N(C)C(=O)NC(C(=O)O)c1ccccc1. The lowest BCUT2D eigenvalue weighted by Crippen LogP contribution is -2.45. The standard InChI is InChI=1S/C14H18N2O4/c1-9(2)12(17)16(3)14(20)15-11(13(18)19)10-7-5-4-6-8-10/h4-9,11H,1-3H3,(H,15,20)(H,18,19). The average Bonchev–Trinajstić information content (AvgIpc) is 2.43. The molecule has 6 heteroatoms. The molecule has 0 heterocycles. The summed E-state index contributed by atoms with van der Waals surface area (Å²) in [5, 5.41) is 11.5. The van der Waals surface area contributed by atoms with Gasteiger partial charge >= 0.3 is 12.0 Å². The van der Waals surface area contributed by atoms with Crippen LogP contribution in [0, 0.1) is 5.92 Å². The normalized spacial score (nSPS) is 11.8. The topological polar surface area (TPSA) is 86.7 Å². The van der Waals surface area contributed by atoms with Gasteiger partial charge in [0.2, 0.25) is 5.91 Å². The van der Waals surface area contributed by atoms with Crippen molar-refractivity contribution >= 4 is 17.9 Å². The van der Waals surface area contributed by atoms with E-state index in [1.54, 1.807) is 44.2 Å². The van der Waals surface area contributed by atoms with Crippen molar-refractivity contribution in [2.45, 2.75) is 19.9 Å². The van der Waals surface area contributed by atoms with Gasteiger partial charge in [-0.15, -0.1) is 0 Å². The molecule has 2 N–H and O–H groups in total. The van der Waals surface area contributed by atoms with Crippen LogP contribution >= 0.6 is 0 Å². The molecule has 0 radical (unpaired) electrons. The van der Waals surface area contributed by atoms with Crippen molar-refractivity contribution in [1.29, 1.82) is 0 Å². The smallest absolute Gasteiger partial charge is 0.330 e. The van der Waals surface area contributed by atoms with E-state index < -0.39 is 18.0 Å². The number of nitrogens with zero attached hydrogens (tertiary/aromatic N) is 1. The van der Waals surface area contributed by atoms with Crippen molar-refractivity contribution in [2.24, 2.45) is 5.92 Å². The maximum atomic E-state index is 11.9. The minimum absolute atomic E-state index is 0.342. The molecule has 0 saturated heterocycles. The van der Waals surface area contributed by atoms with Crippen molar-refractivity contribution in [1.82, 2.24) is 10.2 Å². The summed E-state index contributed by atoms with van der Waals surface area (Å²) in [5.74, 6) is -1.90. The highest BCUT2D eigenvalue weighted by Gasteiger charge is 2.26. The number of nitrogens with one attached hydrogen (secondary N) is 1. The third-order valence-electron chi connectivity index (χ3n) is 2.78. The van der Waals surface area contributed by atoms with E-state index in [-0.39, 0.29) is 11.8 Å². The van der Waals surface area contributed by atoms with E-state index in [0.717, 1.165) is 4.90 Å². The van der Waals surface area contributed by atoms with E-state index in [1.165, 1.54) is 7.05 Å². The number of hydrogen-bond donors (Lipinski definition) is 2. The van der Waals surface area contributed by atoms with Crippen molar-refractivity contribution in [2.75, 3.05) is 7.05 Å². The zero-order valence-corrected chi connectivity index (χ0v) is 11.7. The number of rotatable bonds is 4. The number of hydrogen-bond acceptors (Lipinski definition) is 3. The van der Waals surface area contributed by atoms with Crippen molar-refractivity contribution in [3.8, 4) is 0 Å². The maximum Gasteiger partial charge on any atom is 0.330 e. The average molecular weight is 278 g/mol. The van der Waals surface area contributed by atoms with Gasteiger partial charge in [0.05, 0.1) is 0 Å². The summed E-state index contributed by atoms with van der Waals surface area (Å²) in [6.45, 7) is 3.33. The van der Waals surface area contributed by atoms with Gasteiger partial charge < -0.3 is 10.4 Å². The van der Waals surface area contributed by atoms with E-state index in [1.807, 2.05) is 0 Å². The fourth-order valence-electron chi connectivity index (χ4n) is 1.64. The van der Waals surface area contributed by atoms with Gasteiger partial charge in [-0.2, -0.15) is 0 Å². The fraction of sp³-hybridized carbons (Fsp3) is 0.357. The molecule has 0 aromatic heterocycles. The monoisotopic (exact) mass is 278 g/mol. The molecule has 0 aliphatic heterocycles. The molecule has 1 aromatic rings. The number of carboxylic acid groups (broad SMARTS) is 1. The summed E-state index contributed by atoms with van der Waals surface area (Å²) in [6.07, 6.45) is 0. The minimum Gasteiger partial charge on any atom is -0.479 e. The summed E-state index contributed by atoms with van der Waals surface area (Å²) >= 11 is 0. The first-order valence-electron chi connectivity index (χ1n) is 6.20. The minimum atomic E-state index is -1.19. The quantitative estimate of drug-likeness (QED) is 0.876. The Morgan fingerprint density at radius 1 is 1.15 bits per heavy atom. The van der Waals surface area contributed by atoms with Crippen LogP contribution in [-0.2, 0) is 9.59 Å². The van der Waals surface area contributed by atoms with Gasteiger partial charge in [0, 0.05) is 13.0 Å². The Kier molecular flexibility index (Phi) is 5.25. The molecule has 1 rings (SSSR count). The zero-order chi connectivity index (χ0) is 15.3. The molecular weight excluding hydrogens is 260 g/mol. The zero-order valence-electron chi connectivity index (χ0n) is 11.7. The van der Waals surface area contributed by atoms with Crippen LogP contribution in [-0.4, -0.2) is 35.0 Å². The molecular formula is C14H18N2O4. The number of amides is 3. The molecule has 3 amide bonds. The summed E-state index contributed by atoms with van der Waals surface area (Å²) in [7, 11) is 1.32. The lowest BCUT2D eigenvalue weighted by molar-refractivity contribution is -0.140. The third-order valence-corrected chi connectivity index (χ3v) is 2.78. The molecule has 108 valence electrons. The number of urea groups is 1. The van der Waals surface area contributed by atoms with Crippen LogP contribution in [0.1, 0.15) is 25.5 Å². The number of aliphatic carboxylic acids is 1. The lowest BCUT2D eigenvalue weighted by Gasteiger charge is -2.21. The number of carbonyl (C=O) groups is 3. The van der Waals surface area contributed by atoms with Gasteiger partial charge in [0.15, 0.2) is 6.04 Å². The van der Waals surface area contributed by atoms with Gasteiger partial charge in [0.25, 0.3) is 0 Å². The van der Waals surface area contributed by atoms with Crippen LogP contribution < -0.4 is 5.32 Å². The van der Waals surface area contributed by atoms with Crippen molar-refractivity contribution < 1.29 is 19.5 Å². The van der Waals surface area contributed by atoms with Gasteiger partial charge in [0.1, 0.15) is 0 Å². The van der Waals surface area contributed by atoms with E-state index in [2.05, 4.69) is 5.32 Å². The van der Waals surface area contributed by atoms with E-state index in [9.17, 15) is 19.5 Å². The molecule has 0 spiro atoms. The van der Waals surface area contributed by atoms with Crippen LogP contribution in [0.25, 0.3) is 0 Å². The van der Waals surface area contributed by atoms with Gasteiger partial charge in [-0.1, -0.05) is 44.2 Å². The van der Waals surface area contributed by atoms with Crippen LogP contribution in [0.2, 0.25) is 0 Å². The molecule has 1 unspecified atom stereocenters. The Morgan fingerprint density at radius 3 is 2.15 bits per heavy atom. The summed E-state index contributed by atoms with van der Waals surface area (Å²) in [6, 6.07) is 6.39. The van der Waals surface area contributed by atoms with Crippen molar-refractivity contribution in [3.63, 3.8) is 0 Å². The molecule has 1 atom stereocenters. The Balaban J connectivity index is 2.85. The summed E-state index contributed by atoms with van der Waals surface area (Å²) < 4.78 is 0. The van der Waals surface area contributed by atoms with Crippen molar-refractivity contribution in [3.05, 3.63) is 35.9 Å². The first-order chi connectivity index (χ1) is 9.34. The molecule has 1 aromatic carbocycles. The van der Waals surface area contributed by atoms with E-state index in [0.29, 0.717) is 5.56 Å². The second-order valence-corrected chi connectivity index (χ2v) is 4.68. The highest BCUT2D eigenvalue weighted by Crippen LogP contribution is 2.13. The molecule has 0 aliphatic carbocycles. The van der Waals surface area contributed by atoms with E-state index >= 15 is 0 Å². The number of carboxylic acids is 1. The fourth-order valence-corrected chi connectivity index (χ4v) is 1.64. The highest BCUT2D eigenvalue weighted by atomic mass is 16.4. The molecule has 0 saturated carbocycles. The number of imide groups is 1. The Morgan fingerprint density at radius 2 is 1.70 bits per heavy atom. The predicted octanol–water partition coefficient (Wildman–Crippen LogP) is 1.64. The first kappa shape index (κ1) is 15.7. The maximum absolute atomic E-state index is 11.9. The Bertz CT molecular complexity index is 499. The van der Waals surface area contributed by atoms with Crippen LogP contribution in [0.3, 0.4) is 0 Å². The van der Waals surface area contributed by atoms with E-state index in [4.69, 9.17) is 0 Å². The van der Waals surface area contributed by atoms with Crippen LogP contribution in [0.4, 0.5) is 4.79 Å². The Hall–Kier alpha value is -2.37. The molecule has 6 nitrogen and oxygen atoms in total. The lowest BCUT2D eigenvalue weighted by atomic mass is 10.1. The number of benzene rings is 1. The van der Waals surface area contributed by atoms with Gasteiger partial charge in [-0.3, -0.25) is 9.69 Å². The third kappa shape index (κ3) is 3.81. The molecule has 0 aliphatic rings. The number of carbonyl (C=O) groups excluding carboxylic acids is 2. The summed E-state index contributed by atoms with van der Waals surface area (Å²) in [4.78, 5) is 35.7. The summed E-state index contributed by atoms with van der Waals surface area (Å²) in [5.41, 5.74) is 0.443. The second kappa shape index (κ2) is 6.70. The predicted molar refractivity (Wildman–Crippen MR) is 73.0 cm³/mol. The van der Waals surface area contributed by atoms with Crippen LogP contribution in [0.5, 0.6) is 0 Å². The highest BCUT2D eigenvalue weighted by molar-refractivity contribution is 5.96. The molecule has 0 fully saturated rings. The first-order valence-corrected chi connectivity index (χ1v) is 6.20. The van der Waals surface area contributed by atoms with Gasteiger partial charge in [-0.25, -0.2) is 9.59 Å².